The number of ether oxygens (including phenoxy) is 1. The SMILES string of the molecule is C=C1CC[C@@H]2C(C=O)CCCC(=O)[C@]12C(=O)OCC. The molecule has 0 N–H and O–H groups in total. The zero-order valence-corrected chi connectivity index (χ0v) is 11.3. The standard InChI is InChI=1S/C15H20O4/c1-3-19-14(18)15-10(2)7-8-12(15)11(9-16)5-4-6-13(15)17/h9,11-12H,2-8H2,1H3/t11?,12-,15+/m1/s1. The number of hydrogen-bond acceptors (Lipinski definition) is 4. The lowest BCUT2D eigenvalue weighted by molar-refractivity contribution is -0.160. The topological polar surface area (TPSA) is 60.4 Å². The Bertz CT molecular complexity index is 426. The van der Waals surface area contributed by atoms with E-state index in [0.29, 0.717) is 37.7 Å². The monoisotopic (exact) mass is 264 g/mol. The van der Waals surface area contributed by atoms with Crippen LogP contribution in [0, 0.1) is 17.3 Å². The average Bonchev–Trinajstić information content (AvgIpc) is 2.65. The number of carbonyl (C=O) groups is 3. The summed E-state index contributed by atoms with van der Waals surface area (Å²) in [5.74, 6) is -1.11. The van der Waals surface area contributed by atoms with Crippen molar-refractivity contribution in [3.05, 3.63) is 12.2 Å². The zero-order valence-electron chi connectivity index (χ0n) is 11.3. The summed E-state index contributed by atoms with van der Waals surface area (Å²) in [5.41, 5.74) is -0.618. The number of Topliss-reactive ketones (excluding diaryl/α,β-unsaturated/α-hetero) is 1. The number of rotatable bonds is 3. The number of esters is 1. The van der Waals surface area contributed by atoms with E-state index in [0.717, 1.165) is 6.29 Å². The van der Waals surface area contributed by atoms with Crippen LogP contribution in [0.15, 0.2) is 12.2 Å². The highest BCUT2D eigenvalue weighted by Gasteiger charge is 2.60. The van der Waals surface area contributed by atoms with E-state index in [9.17, 15) is 14.4 Å². The summed E-state index contributed by atoms with van der Waals surface area (Å²) in [6, 6.07) is 0. The molecule has 1 unspecified atom stereocenters. The number of fused-ring (bicyclic) bond motifs is 1. The van der Waals surface area contributed by atoms with Crippen LogP contribution in [0.2, 0.25) is 0 Å². The molecular formula is C15H20O4. The molecule has 104 valence electrons. The van der Waals surface area contributed by atoms with Crippen molar-refractivity contribution < 1.29 is 19.1 Å². The van der Waals surface area contributed by atoms with Crippen molar-refractivity contribution >= 4 is 18.0 Å². The molecule has 0 aromatic carbocycles. The molecule has 4 nitrogen and oxygen atoms in total. The summed E-state index contributed by atoms with van der Waals surface area (Å²) < 4.78 is 5.14. The van der Waals surface area contributed by atoms with Gasteiger partial charge in [0.1, 0.15) is 6.29 Å². The minimum absolute atomic E-state index is 0.109. The highest BCUT2D eigenvalue weighted by Crippen LogP contribution is 2.54. The van der Waals surface area contributed by atoms with Gasteiger partial charge < -0.3 is 9.53 Å². The lowest BCUT2D eigenvalue weighted by Gasteiger charge is -2.33. The van der Waals surface area contributed by atoms with E-state index in [1.165, 1.54) is 0 Å². The molecule has 0 aliphatic heterocycles. The smallest absolute Gasteiger partial charge is 0.324 e. The van der Waals surface area contributed by atoms with Crippen molar-refractivity contribution in [1.82, 2.24) is 0 Å². The van der Waals surface area contributed by atoms with Crippen molar-refractivity contribution in [1.29, 1.82) is 0 Å². The zero-order chi connectivity index (χ0) is 14.0. The Balaban J connectivity index is 2.50. The minimum atomic E-state index is -1.25. The van der Waals surface area contributed by atoms with Crippen molar-refractivity contribution in [3.8, 4) is 0 Å². The van der Waals surface area contributed by atoms with E-state index in [-0.39, 0.29) is 24.2 Å². The van der Waals surface area contributed by atoms with Crippen LogP contribution in [-0.4, -0.2) is 24.6 Å². The van der Waals surface area contributed by atoms with Gasteiger partial charge >= 0.3 is 5.97 Å². The maximum Gasteiger partial charge on any atom is 0.324 e. The molecule has 19 heavy (non-hydrogen) atoms. The molecule has 2 fully saturated rings. The van der Waals surface area contributed by atoms with Crippen LogP contribution in [-0.2, 0) is 19.1 Å². The molecule has 0 saturated heterocycles. The number of hydrogen-bond donors (Lipinski definition) is 0. The largest absolute Gasteiger partial charge is 0.465 e. The maximum absolute atomic E-state index is 12.5. The van der Waals surface area contributed by atoms with Gasteiger partial charge in [-0.15, -0.1) is 0 Å². The third-order valence-corrected chi connectivity index (χ3v) is 4.54. The van der Waals surface area contributed by atoms with Crippen molar-refractivity contribution in [2.24, 2.45) is 17.3 Å². The lowest BCUT2D eigenvalue weighted by atomic mass is 9.68. The summed E-state index contributed by atoms with van der Waals surface area (Å²) >= 11 is 0. The quantitative estimate of drug-likeness (QED) is 0.339. The molecule has 0 heterocycles. The normalized spacial score (nSPS) is 34.6. The highest BCUT2D eigenvalue weighted by atomic mass is 16.5. The Morgan fingerprint density at radius 1 is 1.47 bits per heavy atom. The van der Waals surface area contributed by atoms with Gasteiger partial charge in [-0.3, -0.25) is 9.59 Å². The van der Waals surface area contributed by atoms with Crippen molar-refractivity contribution in [2.45, 2.75) is 39.0 Å². The fraction of sp³-hybridized carbons (Fsp3) is 0.667. The average molecular weight is 264 g/mol. The Labute approximate surface area is 113 Å². The fourth-order valence-corrected chi connectivity index (χ4v) is 3.66. The first-order chi connectivity index (χ1) is 9.08. The Kier molecular flexibility index (Phi) is 3.88. The molecule has 0 bridgehead atoms. The summed E-state index contributed by atoms with van der Waals surface area (Å²) in [6.07, 6.45) is 3.86. The molecule has 2 rings (SSSR count). The van der Waals surface area contributed by atoms with Gasteiger partial charge in [0.15, 0.2) is 11.2 Å². The number of aldehydes is 1. The summed E-state index contributed by atoms with van der Waals surface area (Å²) in [6.45, 7) is 5.89. The minimum Gasteiger partial charge on any atom is -0.465 e. The predicted molar refractivity (Wildman–Crippen MR) is 69.3 cm³/mol. The third kappa shape index (κ3) is 1.94. The van der Waals surface area contributed by atoms with E-state index in [4.69, 9.17) is 4.74 Å². The van der Waals surface area contributed by atoms with Crippen LogP contribution in [0.25, 0.3) is 0 Å². The van der Waals surface area contributed by atoms with Crippen LogP contribution >= 0.6 is 0 Å². The molecular weight excluding hydrogens is 244 g/mol. The van der Waals surface area contributed by atoms with Crippen LogP contribution in [0.4, 0.5) is 0 Å². The first kappa shape index (κ1) is 14.0. The van der Waals surface area contributed by atoms with E-state index >= 15 is 0 Å². The van der Waals surface area contributed by atoms with Gasteiger partial charge in [-0.25, -0.2) is 0 Å². The van der Waals surface area contributed by atoms with E-state index < -0.39 is 11.4 Å². The Hall–Kier alpha value is -1.45. The van der Waals surface area contributed by atoms with Gasteiger partial charge in [-0.1, -0.05) is 12.2 Å². The van der Waals surface area contributed by atoms with Crippen molar-refractivity contribution in [2.75, 3.05) is 6.61 Å². The van der Waals surface area contributed by atoms with Crippen LogP contribution in [0.1, 0.15) is 39.0 Å². The van der Waals surface area contributed by atoms with Gasteiger partial charge in [-0.05, 0) is 38.5 Å². The highest BCUT2D eigenvalue weighted by molar-refractivity contribution is 6.08. The molecule has 0 aromatic rings. The molecule has 3 atom stereocenters. The molecule has 0 amide bonds. The Morgan fingerprint density at radius 3 is 2.84 bits per heavy atom. The second-order valence-electron chi connectivity index (χ2n) is 5.39. The van der Waals surface area contributed by atoms with Gasteiger partial charge in [0, 0.05) is 12.3 Å². The molecule has 2 saturated carbocycles. The summed E-state index contributed by atoms with van der Waals surface area (Å²) in [4.78, 5) is 36.2. The molecule has 0 radical (unpaired) electrons. The second-order valence-corrected chi connectivity index (χ2v) is 5.39. The molecule has 0 aromatic heterocycles. The van der Waals surface area contributed by atoms with E-state index in [2.05, 4.69) is 6.58 Å². The lowest BCUT2D eigenvalue weighted by Crippen LogP contribution is -2.46. The van der Waals surface area contributed by atoms with E-state index in [1.807, 2.05) is 0 Å². The summed E-state index contributed by atoms with van der Waals surface area (Å²) in [7, 11) is 0. The van der Waals surface area contributed by atoms with Gasteiger partial charge in [0.2, 0.25) is 0 Å². The molecule has 4 heteroatoms. The molecule has 2 aliphatic rings. The molecule has 0 spiro atoms. The van der Waals surface area contributed by atoms with Gasteiger partial charge in [-0.2, -0.15) is 0 Å². The number of ketones is 1. The van der Waals surface area contributed by atoms with E-state index in [1.54, 1.807) is 6.92 Å². The van der Waals surface area contributed by atoms with Crippen LogP contribution in [0.3, 0.4) is 0 Å². The molecule has 2 aliphatic carbocycles. The third-order valence-electron chi connectivity index (χ3n) is 4.54. The van der Waals surface area contributed by atoms with Crippen molar-refractivity contribution in [3.63, 3.8) is 0 Å². The van der Waals surface area contributed by atoms with Gasteiger partial charge in [0.05, 0.1) is 6.61 Å². The fourth-order valence-electron chi connectivity index (χ4n) is 3.66. The number of carbonyl (C=O) groups excluding carboxylic acids is 3. The second kappa shape index (κ2) is 5.27. The van der Waals surface area contributed by atoms with Crippen LogP contribution < -0.4 is 0 Å². The Morgan fingerprint density at radius 2 is 2.21 bits per heavy atom. The van der Waals surface area contributed by atoms with Gasteiger partial charge in [0.25, 0.3) is 0 Å². The maximum atomic E-state index is 12.5. The van der Waals surface area contributed by atoms with Crippen LogP contribution in [0.5, 0.6) is 0 Å². The first-order valence-electron chi connectivity index (χ1n) is 6.93. The summed E-state index contributed by atoms with van der Waals surface area (Å²) in [5, 5.41) is 0. The predicted octanol–water partition coefficient (Wildman–Crippen LogP) is 2.07. The first-order valence-corrected chi connectivity index (χ1v) is 6.93.